The molecule has 1 fully saturated rings. The molecule has 0 radical (unpaired) electrons. The highest BCUT2D eigenvalue weighted by Crippen LogP contribution is 2.29. The van der Waals surface area contributed by atoms with E-state index in [-0.39, 0.29) is 17.5 Å². The number of rotatable bonds is 4. The fourth-order valence-electron chi connectivity index (χ4n) is 3.24. The van der Waals surface area contributed by atoms with Crippen LogP contribution in [0.4, 0.5) is 5.13 Å². The molecule has 1 saturated heterocycles. The molecule has 33 heavy (non-hydrogen) atoms. The predicted octanol–water partition coefficient (Wildman–Crippen LogP) is 1.66. The van der Waals surface area contributed by atoms with Gasteiger partial charge in [-0.25, -0.2) is 14.6 Å². The summed E-state index contributed by atoms with van der Waals surface area (Å²) in [6.07, 6.45) is 1.67. The average molecular weight is 538 g/mol. The van der Waals surface area contributed by atoms with Gasteiger partial charge in [-0.2, -0.15) is 4.52 Å². The number of halogens is 1. The van der Waals surface area contributed by atoms with Crippen molar-refractivity contribution in [1.29, 1.82) is 0 Å². The van der Waals surface area contributed by atoms with Crippen molar-refractivity contribution in [2.45, 2.75) is 32.4 Å². The van der Waals surface area contributed by atoms with E-state index in [9.17, 15) is 9.59 Å². The number of fused-ring (bicyclic) bond motifs is 1. The van der Waals surface area contributed by atoms with Gasteiger partial charge in [0.05, 0.1) is 0 Å². The number of carbonyl (C=O) groups is 3. The maximum Gasteiger partial charge on any atom is 0.414 e. The van der Waals surface area contributed by atoms with E-state index in [1.54, 1.807) is 6.92 Å². The third-order valence-corrected chi connectivity index (χ3v) is 6.48. The van der Waals surface area contributed by atoms with Crippen LogP contribution in [0.5, 0.6) is 0 Å². The van der Waals surface area contributed by atoms with Crippen LogP contribution in [-0.2, 0) is 20.9 Å². The van der Waals surface area contributed by atoms with Gasteiger partial charge in [0.1, 0.15) is 6.04 Å². The van der Waals surface area contributed by atoms with E-state index in [1.165, 1.54) is 21.9 Å². The van der Waals surface area contributed by atoms with E-state index in [2.05, 4.69) is 31.3 Å². The number of amides is 1. The predicted molar refractivity (Wildman–Crippen MR) is 123 cm³/mol. The molecule has 1 atom stereocenters. The van der Waals surface area contributed by atoms with Crippen LogP contribution in [0.3, 0.4) is 0 Å². The van der Waals surface area contributed by atoms with E-state index in [4.69, 9.17) is 19.8 Å². The number of carboxylic acids is 2. The number of aromatic nitrogens is 3. The third-order valence-electron chi connectivity index (χ3n) is 4.76. The molecule has 0 aliphatic carbocycles. The van der Waals surface area contributed by atoms with Gasteiger partial charge < -0.3 is 20.4 Å². The molecule has 0 spiro atoms. The SMILES string of the molecule is Cc1cc(=O)n2nc(N3CCCC3C(=O)NCc3ccccc3Br)sc2n1.O=C(O)C(=O)O. The number of aryl methyl sites for hydroxylation is 1. The van der Waals surface area contributed by atoms with Crippen molar-refractivity contribution in [3.05, 3.63) is 56.4 Å². The molecule has 174 valence electrons. The van der Waals surface area contributed by atoms with Crippen LogP contribution in [0.2, 0.25) is 0 Å². The Morgan fingerprint density at radius 3 is 2.61 bits per heavy atom. The van der Waals surface area contributed by atoms with Gasteiger partial charge >= 0.3 is 11.9 Å². The van der Waals surface area contributed by atoms with Crippen LogP contribution in [0.25, 0.3) is 4.96 Å². The van der Waals surface area contributed by atoms with Crippen LogP contribution in [0.15, 0.2) is 39.6 Å². The summed E-state index contributed by atoms with van der Waals surface area (Å²) in [6, 6.07) is 9.00. The molecular weight excluding hydrogens is 518 g/mol. The van der Waals surface area contributed by atoms with Crippen molar-refractivity contribution in [2.24, 2.45) is 0 Å². The number of carbonyl (C=O) groups excluding carboxylic acids is 1. The molecule has 1 amide bonds. The molecule has 4 rings (SSSR count). The Balaban J connectivity index is 0.000000454. The summed E-state index contributed by atoms with van der Waals surface area (Å²) in [5, 5.41) is 22.9. The molecule has 3 N–H and O–H groups in total. The molecule has 0 bridgehead atoms. The highest BCUT2D eigenvalue weighted by molar-refractivity contribution is 9.10. The molecule has 1 aliphatic rings. The first-order valence-corrected chi connectivity index (χ1v) is 11.4. The van der Waals surface area contributed by atoms with Gasteiger partial charge in [0.2, 0.25) is 16.0 Å². The Labute approximate surface area is 199 Å². The summed E-state index contributed by atoms with van der Waals surface area (Å²) in [6.45, 7) is 2.99. The molecule has 3 aromatic rings. The minimum atomic E-state index is -1.82. The van der Waals surface area contributed by atoms with E-state index in [0.717, 1.165) is 29.4 Å². The first-order valence-electron chi connectivity index (χ1n) is 9.79. The number of benzene rings is 1. The summed E-state index contributed by atoms with van der Waals surface area (Å²) in [5.74, 6) is -3.68. The van der Waals surface area contributed by atoms with Crippen molar-refractivity contribution in [3.63, 3.8) is 0 Å². The Kier molecular flexibility index (Phi) is 7.76. The number of carboxylic acid groups (broad SMARTS) is 2. The van der Waals surface area contributed by atoms with Gasteiger partial charge in [0.15, 0.2) is 0 Å². The van der Waals surface area contributed by atoms with Gasteiger partial charge in [-0.3, -0.25) is 9.59 Å². The van der Waals surface area contributed by atoms with Crippen molar-refractivity contribution < 1.29 is 24.6 Å². The molecule has 13 heteroatoms. The molecule has 2 aromatic heterocycles. The lowest BCUT2D eigenvalue weighted by Crippen LogP contribution is -2.43. The van der Waals surface area contributed by atoms with Crippen molar-refractivity contribution >= 4 is 55.2 Å². The maximum atomic E-state index is 12.8. The van der Waals surface area contributed by atoms with E-state index in [0.29, 0.717) is 22.3 Å². The number of nitrogens with zero attached hydrogens (tertiary/aromatic N) is 4. The van der Waals surface area contributed by atoms with Gasteiger partial charge in [-0.15, -0.1) is 5.10 Å². The van der Waals surface area contributed by atoms with Crippen LogP contribution in [0.1, 0.15) is 24.1 Å². The lowest BCUT2D eigenvalue weighted by molar-refractivity contribution is -0.159. The molecule has 1 aliphatic heterocycles. The van der Waals surface area contributed by atoms with Gasteiger partial charge in [0, 0.05) is 29.3 Å². The monoisotopic (exact) mass is 537 g/mol. The number of nitrogens with one attached hydrogen (secondary N) is 1. The quantitative estimate of drug-likeness (QED) is 0.421. The summed E-state index contributed by atoms with van der Waals surface area (Å²) in [5.41, 5.74) is 1.50. The molecule has 1 unspecified atom stereocenters. The highest BCUT2D eigenvalue weighted by Gasteiger charge is 2.33. The van der Waals surface area contributed by atoms with Crippen molar-refractivity contribution in [1.82, 2.24) is 19.9 Å². The van der Waals surface area contributed by atoms with Crippen LogP contribution >= 0.6 is 27.3 Å². The van der Waals surface area contributed by atoms with E-state index in [1.807, 2.05) is 29.2 Å². The average Bonchev–Trinajstić information content (AvgIpc) is 3.40. The molecule has 3 heterocycles. The molecule has 11 nitrogen and oxygen atoms in total. The largest absolute Gasteiger partial charge is 0.473 e. The lowest BCUT2D eigenvalue weighted by Gasteiger charge is -2.22. The van der Waals surface area contributed by atoms with Gasteiger partial charge in [-0.1, -0.05) is 45.5 Å². The number of aliphatic carboxylic acids is 2. The van der Waals surface area contributed by atoms with Gasteiger partial charge in [0.25, 0.3) is 5.56 Å². The smallest absolute Gasteiger partial charge is 0.414 e. The number of hydrogen-bond acceptors (Lipinski definition) is 8. The van der Waals surface area contributed by atoms with Gasteiger partial charge in [-0.05, 0) is 31.4 Å². The zero-order chi connectivity index (χ0) is 24.1. The summed E-state index contributed by atoms with van der Waals surface area (Å²) >= 11 is 4.84. The lowest BCUT2D eigenvalue weighted by atomic mass is 10.2. The molecule has 1 aromatic carbocycles. The van der Waals surface area contributed by atoms with Crippen LogP contribution in [0, 0.1) is 6.92 Å². The van der Waals surface area contributed by atoms with E-state index >= 15 is 0 Å². The second-order valence-corrected chi connectivity index (χ2v) is 8.87. The standard InChI is InChI=1S/C18H18BrN5O2S.C2H2O4/c1-11-9-15(25)24-17(21-11)27-18(22-24)23-8-4-7-14(23)16(26)20-10-12-5-2-3-6-13(12)19;3-1(4)2(5)6/h2-3,5-6,9,14H,4,7-8,10H2,1H3,(H,20,26);(H,3,4)(H,5,6). The summed E-state index contributed by atoms with van der Waals surface area (Å²) < 4.78 is 2.28. The fourth-order valence-corrected chi connectivity index (χ4v) is 4.69. The first kappa shape index (κ1) is 24.3. The summed E-state index contributed by atoms with van der Waals surface area (Å²) in [4.78, 5) is 50.0. The Hall–Kier alpha value is -3.32. The number of hydrogen-bond donors (Lipinski definition) is 3. The third kappa shape index (κ3) is 5.93. The first-order chi connectivity index (χ1) is 15.7. The second-order valence-electron chi connectivity index (χ2n) is 7.09. The van der Waals surface area contributed by atoms with Crippen molar-refractivity contribution in [3.8, 4) is 0 Å². The minimum Gasteiger partial charge on any atom is -0.473 e. The van der Waals surface area contributed by atoms with Crippen LogP contribution in [-0.4, -0.2) is 55.2 Å². The normalized spacial score (nSPS) is 15.1. The maximum absolute atomic E-state index is 12.8. The summed E-state index contributed by atoms with van der Waals surface area (Å²) in [7, 11) is 0. The Morgan fingerprint density at radius 1 is 1.24 bits per heavy atom. The molecular formula is C20H20BrN5O6S. The zero-order valence-corrected chi connectivity index (χ0v) is 19.8. The second kappa shape index (κ2) is 10.5. The zero-order valence-electron chi connectivity index (χ0n) is 17.4. The fraction of sp³-hybridized carbons (Fsp3) is 0.300. The Morgan fingerprint density at radius 2 is 1.94 bits per heavy atom. The highest BCUT2D eigenvalue weighted by atomic mass is 79.9. The Bertz CT molecular complexity index is 1250. The van der Waals surface area contributed by atoms with Crippen molar-refractivity contribution in [2.75, 3.05) is 11.4 Å². The molecule has 0 saturated carbocycles. The number of anilines is 1. The minimum absolute atomic E-state index is 0.0287. The topological polar surface area (TPSA) is 154 Å². The van der Waals surface area contributed by atoms with E-state index < -0.39 is 11.9 Å². The van der Waals surface area contributed by atoms with Crippen LogP contribution < -0.4 is 15.8 Å².